The monoisotopic (exact) mass is 280 g/mol. The molecule has 2 heterocycles. The van der Waals surface area contributed by atoms with E-state index in [0.717, 1.165) is 19.1 Å². The van der Waals surface area contributed by atoms with Gasteiger partial charge in [-0.2, -0.15) is 0 Å². The number of rotatable bonds is 4. The van der Waals surface area contributed by atoms with Crippen molar-refractivity contribution in [2.24, 2.45) is 5.92 Å². The molecule has 0 saturated carbocycles. The average molecular weight is 281 g/mol. The molecule has 102 valence electrons. The number of hydrogen-bond acceptors (Lipinski definition) is 3. The Hall–Kier alpha value is 0.520. The number of halogens is 1. The second-order valence-electron chi connectivity index (χ2n) is 4.98. The van der Waals surface area contributed by atoms with Crippen LogP contribution < -0.4 is 22.6 Å². The van der Waals surface area contributed by atoms with Crippen molar-refractivity contribution in [1.82, 2.24) is 5.32 Å². The van der Waals surface area contributed by atoms with E-state index in [2.05, 4.69) is 24.0 Å². The van der Waals surface area contributed by atoms with Gasteiger partial charge in [0, 0.05) is 5.75 Å². The molecule has 3 nitrogen and oxygen atoms in total. The molecular weight excluding hydrogens is 256 g/mol. The van der Waals surface area contributed by atoms with Crippen LogP contribution in [0.5, 0.6) is 0 Å². The van der Waals surface area contributed by atoms with Crippen LogP contribution in [0.15, 0.2) is 0 Å². The molecule has 0 radical (unpaired) electrons. The molecule has 2 atom stereocenters. The Balaban J connectivity index is 0.00000144. The number of quaternary nitrogens is 1. The van der Waals surface area contributed by atoms with Gasteiger partial charge in [-0.3, -0.25) is 0 Å². The Kier molecular flexibility index (Phi) is 7.87. The van der Waals surface area contributed by atoms with E-state index >= 15 is 0 Å². The Labute approximate surface area is 115 Å². The van der Waals surface area contributed by atoms with Gasteiger partial charge >= 0.3 is 0 Å². The van der Waals surface area contributed by atoms with Crippen molar-refractivity contribution < 1.29 is 22.0 Å². The van der Waals surface area contributed by atoms with E-state index < -0.39 is 0 Å². The van der Waals surface area contributed by atoms with E-state index in [0.29, 0.717) is 5.37 Å². The van der Waals surface area contributed by atoms with E-state index in [1.807, 2.05) is 0 Å². The summed E-state index contributed by atoms with van der Waals surface area (Å²) in [5.74, 6) is 2.13. The molecule has 5 heteroatoms. The van der Waals surface area contributed by atoms with Gasteiger partial charge in [0.15, 0.2) is 0 Å². The highest BCUT2D eigenvalue weighted by atomic mass is 35.5. The lowest BCUT2D eigenvalue weighted by molar-refractivity contribution is -0.905. The van der Waals surface area contributed by atoms with Gasteiger partial charge in [0.1, 0.15) is 13.1 Å². The predicted octanol–water partition coefficient (Wildman–Crippen LogP) is -3.02. The van der Waals surface area contributed by atoms with Gasteiger partial charge in [-0.15, -0.1) is 11.8 Å². The fourth-order valence-electron chi connectivity index (χ4n) is 2.48. The van der Waals surface area contributed by atoms with Crippen LogP contribution in [-0.2, 0) is 4.74 Å². The average Bonchev–Trinajstić information content (AvgIpc) is 2.33. The van der Waals surface area contributed by atoms with Gasteiger partial charge in [0.05, 0.1) is 25.1 Å². The second kappa shape index (κ2) is 8.59. The van der Waals surface area contributed by atoms with Crippen molar-refractivity contribution in [3.63, 3.8) is 0 Å². The molecule has 2 saturated heterocycles. The van der Waals surface area contributed by atoms with Crippen molar-refractivity contribution in [3.8, 4) is 0 Å². The molecule has 0 aromatic carbocycles. The third kappa shape index (κ3) is 5.35. The zero-order valence-electron chi connectivity index (χ0n) is 10.7. The Morgan fingerprint density at radius 2 is 2.12 bits per heavy atom. The van der Waals surface area contributed by atoms with Crippen molar-refractivity contribution in [2.75, 3.05) is 45.1 Å². The van der Waals surface area contributed by atoms with Crippen LogP contribution in [0.3, 0.4) is 0 Å². The molecule has 2 aliphatic heterocycles. The maximum atomic E-state index is 5.37. The normalized spacial score (nSPS) is 30.9. The molecular formula is C12H25ClN2OS. The third-order valence-corrected chi connectivity index (χ3v) is 5.08. The van der Waals surface area contributed by atoms with Crippen molar-refractivity contribution >= 4 is 11.8 Å². The highest BCUT2D eigenvalue weighted by molar-refractivity contribution is 7.99. The van der Waals surface area contributed by atoms with Gasteiger partial charge in [0.2, 0.25) is 0 Å². The van der Waals surface area contributed by atoms with Crippen LogP contribution in [0.25, 0.3) is 0 Å². The van der Waals surface area contributed by atoms with Gasteiger partial charge in [-0.25, -0.2) is 0 Å². The smallest absolute Gasteiger partial charge is 0.101 e. The first-order valence-corrected chi connectivity index (χ1v) is 7.67. The number of morpholine rings is 1. The molecule has 0 bridgehead atoms. The number of nitrogens with one attached hydrogen (secondary N) is 2. The summed E-state index contributed by atoms with van der Waals surface area (Å²) in [6.07, 6.45) is 2.75. The van der Waals surface area contributed by atoms with E-state index in [1.165, 1.54) is 44.8 Å². The van der Waals surface area contributed by atoms with Gasteiger partial charge in [-0.05, 0) is 25.3 Å². The fraction of sp³-hybridized carbons (Fsp3) is 1.00. The summed E-state index contributed by atoms with van der Waals surface area (Å²) in [7, 11) is 0. The molecule has 2 aliphatic rings. The zero-order valence-corrected chi connectivity index (χ0v) is 12.3. The Morgan fingerprint density at radius 1 is 1.35 bits per heavy atom. The topological polar surface area (TPSA) is 25.7 Å². The molecule has 0 aromatic heterocycles. The van der Waals surface area contributed by atoms with Crippen LogP contribution in [-0.4, -0.2) is 50.5 Å². The van der Waals surface area contributed by atoms with Crippen molar-refractivity contribution in [2.45, 2.75) is 25.1 Å². The summed E-state index contributed by atoms with van der Waals surface area (Å²) in [6.45, 7) is 9.22. The lowest BCUT2D eigenvalue weighted by Crippen LogP contribution is -3.14. The SMILES string of the molecule is CC1CCCNC1SCC[NH+]1CCOCC1.[Cl-]. The lowest BCUT2D eigenvalue weighted by atomic mass is 10.0. The molecule has 2 unspecified atom stereocenters. The minimum absolute atomic E-state index is 0. The van der Waals surface area contributed by atoms with Gasteiger partial charge in [0.25, 0.3) is 0 Å². The van der Waals surface area contributed by atoms with E-state index in [9.17, 15) is 0 Å². The van der Waals surface area contributed by atoms with Crippen LogP contribution in [0.2, 0.25) is 0 Å². The van der Waals surface area contributed by atoms with Gasteiger partial charge < -0.3 is 27.4 Å². The van der Waals surface area contributed by atoms with E-state index in [1.54, 1.807) is 4.90 Å². The Morgan fingerprint density at radius 3 is 2.82 bits per heavy atom. The van der Waals surface area contributed by atoms with E-state index in [-0.39, 0.29) is 12.4 Å². The number of piperidine rings is 1. The molecule has 0 aromatic rings. The standard InChI is InChI=1S/C12H24N2OS.ClH/c1-11-3-2-4-13-12(11)16-10-7-14-5-8-15-9-6-14;/h11-13H,2-10H2,1H3;1H. The number of hydrogen-bond donors (Lipinski definition) is 2. The third-order valence-electron chi connectivity index (χ3n) is 3.65. The van der Waals surface area contributed by atoms with Crippen molar-refractivity contribution in [1.29, 1.82) is 0 Å². The fourth-order valence-corrected chi connectivity index (χ4v) is 3.85. The Bertz CT molecular complexity index is 203. The van der Waals surface area contributed by atoms with E-state index in [4.69, 9.17) is 4.74 Å². The first-order chi connectivity index (χ1) is 7.86. The van der Waals surface area contributed by atoms with Crippen LogP contribution in [0.1, 0.15) is 19.8 Å². The first kappa shape index (κ1) is 15.6. The highest BCUT2D eigenvalue weighted by Gasteiger charge is 2.21. The molecule has 2 rings (SSSR count). The molecule has 2 N–H and O–H groups in total. The minimum atomic E-state index is 0. The summed E-state index contributed by atoms with van der Waals surface area (Å²) < 4.78 is 5.37. The summed E-state index contributed by atoms with van der Waals surface area (Å²) in [5, 5.41) is 4.34. The lowest BCUT2D eigenvalue weighted by Gasteiger charge is -2.30. The molecule has 0 spiro atoms. The highest BCUT2D eigenvalue weighted by Crippen LogP contribution is 2.23. The summed E-state index contributed by atoms with van der Waals surface area (Å²) in [5.41, 5.74) is 0. The van der Waals surface area contributed by atoms with Crippen molar-refractivity contribution in [3.05, 3.63) is 0 Å². The largest absolute Gasteiger partial charge is 1.00 e. The van der Waals surface area contributed by atoms with Crippen LogP contribution in [0, 0.1) is 5.92 Å². The summed E-state index contributed by atoms with van der Waals surface area (Å²) in [4.78, 5) is 1.72. The molecule has 17 heavy (non-hydrogen) atoms. The summed E-state index contributed by atoms with van der Waals surface area (Å²) >= 11 is 2.13. The molecule has 0 amide bonds. The first-order valence-electron chi connectivity index (χ1n) is 6.62. The quantitative estimate of drug-likeness (QED) is 0.574. The molecule has 0 aliphatic carbocycles. The minimum Gasteiger partial charge on any atom is -1.00 e. The second-order valence-corrected chi connectivity index (χ2v) is 6.23. The molecule has 2 fully saturated rings. The number of thioether (sulfide) groups is 1. The van der Waals surface area contributed by atoms with Gasteiger partial charge in [-0.1, -0.05) is 6.92 Å². The zero-order chi connectivity index (χ0) is 11.2. The predicted molar refractivity (Wildman–Crippen MR) is 69.0 cm³/mol. The number of ether oxygens (including phenoxy) is 1. The maximum absolute atomic E-state index is 5.37. The maximum Gasteiger partial charge on any atom is 0.101 e. The van der Waals surface area contributed by atoms with Crippen LogP contribution >= 0.6 is 11.8 Å². The summed E-state index contributed by atoms with van der Waals surface area (Å²) in [6, 6.07) is 0. The van der Waals surface area contributed by atoms with Crippen LogP contribution in [0.4, 0.5) is 0 Å².